The molecule has 0 aliphatic carbocycles. The molecule has 96 valence electrons. The first-order valence-corrected chi connectivity index (χ1v) is 6.92. The number of hydrogen-bond acceptors (Lipinski definition) is 7. The van der Waals surface area contributed by atoms with E-state index < -0.39 is 5.97 Å². The third kappa shape index (κ3) is 2.88. The minimum atomic E-state index is -0.428. The van der Waals surface area contributed by atoms with Crippen LogP contribution < -0.4 is 0 Å². The summed E-state index contributed by atoms with van der Waals surface area (Å²) in [7, 11) is 1.86. The predicted octanol–water partition coefficient (Wildman–Crippen LogP) is 1.91. The molecule has 0 spiro atoms. The first-order valence-electron chi connectivity index (χ1n) is 5.29. The van der Waals surface area contributed by atoms with Gasteiger partial charge in [-0.25, -0.2) is 4.79 Å². The highest BCUT2D eigenvalue weighted by molar-refractivity contribution is 8.01. The molecular formula is C10H12N4O2S2. The molecule has 0 aromatic carbocycles. The molecule has 6 nitrogen and oxygen atoms in total. The van der Waals surface area contributed by atoms with Gasteiger partial charge >= 0.3 is 5.97 Å². The Bertz CT molecular complexity index is 564. The van der Waals surface area contributed by atoms with Crippen molar-refractivity contribution in [3.63, 3.8) is 0 Å². The Kier molecular flexibility index (Phi) is 3.97. The van der Waals surface area contributed by atoms with Crippen molar-refractivity contribution < 1.29 is 9.53 Å². The molecule has 0 aliphatic rings. The van der Waals surface area contributed by atoms with Gasteiger partial charge < -0.3 is 4.74 Å². The SMILES string of the molecule is CCOC(=O)c1nnc(Sc2cc(C)nn2C)s1. The number of aryl methyl sites for hydroxylation is 2. The van der Waals surface area contributed by atoms with E-state index in [1.165, 1.54) is 23.1 Å². The lowest BCUT2D eigenvalue weighted by molar-refractivity contribution is 0.0525. The lowest BCUT2D eigenvalue weighted by Gasteiger charge is -1.96. The van der Waals surface area contributed by atoms with Crippen molar-refractivity contribution in [2.45, 2.75) is 23.2 Å². The minimum Gasteiger partial charge on any atom is -0.461 e. The molecule has 0 unspecified atom stereocenters. The van der Waals surface area contributed by atoms with Crippen molar-refractivity contribution >= 4 is 29.1 Å². The molecule has 0 N–H and O–H groups in total. The van der Waals surface area contributed by atoms with Crippen LogP contribution >= 0.6 is 23.1 Å². The highest BCUT2D eigenvalue weighted by Gasteiger charge is 2.15. The predicted molar refractivity (Wildman–Crippen MR) is 67.9 cm³/mol. The van der Waals surface area contributed by atoms with Gasteiger partial charge in [0, 0.05) is 7.05 Å². The standard InChI is InChI=1S/C10H12N4O2S2/c1-4-16-9(15)8-11-12-10(18-8)17-7-5-6(2)13-14(7)3/h5H,4H2,1-3H3. The Morgan fingerprint density at radius 1 is 1.56 bits per heavy atom. The summed E-state index contributed by atoms with van der Waals surface area (Å²) in [6.07, 6.45) is 0. The lowest BCUT2D eigenvalue weighted by Crippen LogP contribution is -2.03. The van der Waals surface area contributed by atoms with Crippen LogP contribution in [0.2, 0.25) is 0 Å². The Hall–Kier alpha value is -1.41. The average molecular weight is 284 g/mol. The molecule has 2 rings (SSSR count). The maximum atomic E-state index is 11.4. The van der Waals surface area contributed by atoms with E-state index in [9.17, 15) is 4.79 Å². The van der Waals surface area contributed by atoms with Crippen molar-refractivity contribution in [3.05, 3.63) is 16.8 Å². The quantitative estimate of drug-likeness (QED) is 0.799. The summed E-state index contributed by atoms with van der Waals surface area (Å²) in [6.45, 7) is 4.02. The molecule has 0 aliphatic heterocycles. The largest absolute Gasteiger partial charge is 0.461 e. The molecule has 0 saturated heterocycles. The van der Waals surface area contributed by atoms with Crippen LogP contribution in [0, 0.1) is 6.92 Å². The van der Waals surface area contributed by atoms with Crippen LogP contribution in [-0.2, 0) is 11.8 Å². The van der Waals surface area contributed by atoms with Crippen LogP contribution in [0.5, 0.6) is 0 Å². The van der Waals surface area contributed by atoms with Gasteiger partial charge in [0.1, 0.15) is 5.03 Å². The second-order valence-electron chi connectivity index (χ2n) is 3.44. The van der Waals surface area contributed by atoms with Gasteiger partial charge in [0.15, 0.2) is 4.34 Å². The second-order valence-corrected chi connectivity index (χ2v) is 5.69. The summed E-state index contributed by atoms with van der Waals surface area (Å²) >= 11 is 2.65. The summed E-state index contributed by atoms with van der Waals surface area (Å²) in [6, 6.07) is 1.95. The van der Waals surface area contributed by atoms with E-state index in [1.54, 1.807) is 11.6 Å². The molecule has 0 atom stereocenters. The normalized spacial score (nSPS) is 10.6. The summed E-state index contributed by atoms with van der Waals surface area (Å²) in [5, 5.41) is 13.2. The summed E-state index contributed by atoms with van der Waals surface area (Å²) in [5.74, 6) is -0.428. The van der Waals surface area contributed by atoms with Crippen molar-refractivity contribution in [3.8, 4) is 0 Å². The van der Waals surface area contributed by atoms with Gasteiger partial charge in [-0.1, -0.05) is 11.3 Å². The number of aromatic nitrogens is 4. The molecule has 0 radical (unpaired) electrons. The maximum Gasteiger partial charge on any atom is 0.369 e. The second kappa shape index (κ2) is 5.49. The number of ether oxygens (including phenoxy) is 1. The number of rotatable bonds is 4. The fraction of sp³-hybridized carbons (Fsp3) is 0.400. The Morgan fingerprint density at radius 2 is 2.33 bits per heavy atom. The van der Waals surface area contributed by atoms with Crippen molar-refractivity contribution in [2.24, 2.45) is 7.05 Å². The Balaban J connectivity index is 2.11. The van der Waals surface area contributed by atoms with Gasteiger partial charge in [0.05, 0.1) is 12.3 Å². The summed E-state index contributed by atoms with van der Waals surface area (Å²) in [4.78, 5) is 11.4. The maximum absolute atomic E-state index is 11.4. The summed E-state index contributed by atoms with van der Waals surface area (Å²) < 4.78 is 7.33. The average Bonchev–Trinajstić information content (AvgIpc) is 2.88. The molecule has 0 amide bonds. The van der Waals surface area contributed by atoms with Crippen LogP contribution in [0.4, 0.5) is 0 Å². The van der Waals surface area contributed by atoms with Gasteiger partial charge in [-0.15, -0.1) is 10.2 Å². The Labute approximate surface area is 112 Å². The molecule has 0 bridgehead atoms. The van der Waals surface area contributed by atoms with E-state index in [4.69, 9.17) is 4.74 Å². The number of carbonyl (C=O) groups excluding carboxylic acids is 1. The van der Waals surface area contributed by atoms with Crippen LogP contribution in [0.25, 0.3) is 0 Å². The van der Waals surface area contributed by atoms with Gasteiger partial charge in [-0.2, -0.15) is 5.10 Å². The lowest BCUT2D eigenvalue weighted by atomic mass is 10.5. The fourth-order valence-corrected chi connectivity index (χ4v) is 3.09. The molecule has 2 aromatic rings. The fourth-order valence-electron chi connectivity index (χ4n) is 1.30. The third-order valence-electron chi connectivity index (χ3n) is 2.01. The first kappa shape index (κ1) is 13.0. The molecule has 0 fully saturated rings. The van der Waals surface area contributed by atoms with Crippen molar-refractivity contribution in [1.29, 1.82) is 0 Å². The van der Waals surface area contributed by atoms with E-state index in [0.717, 1.165) is 10.7 Å². The van der Waals surface area contributed by atoms with Crippen molar-refractivity contribution in [1.82, 2.24) is 20.0 Å². The highest BCUT2D eigenvalue weighted by atomic mass is 32.2. The third-order valence-corrected chi connectivity index (χ3v) is 4.05. The monoisotopic (exact) mass is 284 g/mol. The van der Waals surface area contributed by atoms with E-state index in [2.05, 4.69) is 15.3 Å². The summed E-state index contributed by atoms with van der Waals surface area (Å²) in [5.41, 5.74) is 0.940. The van der Waals surface area contributed by atoms with Gasteiger partial charge in [0.2, 0.25) is 5.01 Å². The number of esters is 1. The number of carbonyl (C=O) groups is 1. The van der Waals surface area contributed by atoms with Crippen LogP contribution in [-0.4, -0.2) is 32.6 Å². The van der Waals surface area contributed by atoms with E-state index >= 15 is 0 Å². The van der Waals surface area contributed by atoms with Crippen LogP contribution in [0.3, 0.4) is 0 Å². The zero-order valence-electron chi connectivity index (χ0n) is 10.2. The highest BCUT2D eigenvalue weighted by Crippen LogP contribution is 2.30. The Morgan fingerprint density at radius 3 is 2.94 bits per heavy atom. The van der Waals surface area contributed by atoms with Crippen LogP contribution in [0.1, 0.15) is 22.4 Å². The zero-order valence-corrected chi connectivity index (χ0v) is 11.8. The smallest absolute Gasteiger partial charge is 0.369 e. The molecule has 18 heavy (non-hydrogen) atoms. The molecule has 8 heteroatoms. The van der Waals surface area contributed by atoms with Gasteiger partial charge in [-0.05, 0) is 31.7 Å². The van der Waals surface area contributed by atoms with E-state index in [-0.39, 0.29) is 5.01 Å². The number of hydrogen-bond donors (Lipinski definition) is 0. The van der Waals surface area contributed by atoms with Crippen molar-refractivity contribution in [2.75, 3.05) is 6.61 Å². The van der Waals surface area contributed by atoms with Gasteiger partial charge in [-0.3, -0.25) is 4.68 Å². The first-order chi connectivity index (χ1) is 8.60. The molecule has 2 heterocycles. The van der Waals surface area contributed by atoms with Crippen LogP contribution in [0.15, 0.2) is 15.4 Å². The van der Waals surface area contributed by atoms with E-state index in [1.807, 2.05) is 20.0 Å². The van der Waals surface area contributed by atoms with E-state index in [0.29, 0.717) is 10.9 Å². The molecule has 0 saturated carbocycles. The zero-order chi connectivity index (χ0) is 13.1. The molecule has 2 aromatic heterocycles. The minimum absolute atomic E-state index is 0.276. The number of nitrogens with zero attached hydrogens (tertiary/aromatic N) is 4. The molecular weight excluding hydrogens is 272 g/mol. The topological polar surface area (TPSA) is 69.9 Å². The van der Waals surface area contributed by atoms with Gasteiger partial charge in [0.25, 0.3) is 0 Å².